The largest absolute Gasteiger partial charge is 0.349 e. The fraction of sp³-hybridized carbons (Fsp3) is 0.524. The van der Waals surface area contributed by atoms with E-state index in [2.05, 4.69) is 39.8 Å². The van der Waals surface area contributed by atoms with Crippen molar-refractivity contribution < 1.29 is 4.79 Å². The first-order chi connectivity index (χ1) is 12.7. The van der Waals surface area contributed by atoms with E-state index in [1.807, 2.05) is 18.2 Å². The van der Waals surface area contributed by atoms with E-state index in [0.717, 1.165) is 42.9 Å². The number of aryl methyl sites for hydroxylation is 1. The molecule has 1 saturated heterocycles. The summed E-state index contributed by atoms with van der Waals surface area (Å²) in [5.41, 5.74) is 2.90. The van der Waals surface area contributed by atoms with Gasteiger partial charge in [-0.15, -0.1) is 0 Å². The number of aromatic nitrogens is 2. The summed E-state index contributed by atoms with van der Waals surface area (Å²) in [6, 6.07) is 6.57. The molecule has 0 radical (unpaired) electrons. The van der Waals surface area contributed by atoms with Crippen molar-refractivity contribution in [1.82, 2.24) is 19.8 Å². The molecule has 1 aliphatic heterocycles. The van der Waals surface area contributed by atoms with Crippen LogP contribution in [0.5, 0.6) is 0 Å². The van der Waals surface area contributed by atoms with Crippen molar-refractivity contribution in [3.63, 3.8) is 0 Å². The van der Waals surface area contributed by atoms with Gasteiger partial charge in [0.2, 0.25) is 0 Å². The van der Waals surface area contributed by atoms with Gasteiger partial charge in [0.25, 0.3) is 5.91 Å². The van der Waals surface area contributed by atoms with E-state index < -0.39 is 0 Å². The van der Waals surface area contributed by atoms with Crippen LogP contribution in [0.25, 0.3) is 11.1 Å². The van der Waals surface area contributed by atoms with Gasteiger partial charge in [-0.2, -0.15) is 0 Å². The molecule has 2 aromatic heterocycles. The standard InChI is InChI=1S/C21H30N4O/c1-3-12-25-16-19(18-7-9-22-10-8-18)15-20(25)21(26)23-11-14-24-13-5-4-6-17(24)2/h7-10,15-17H,3-6,11-14H2,1-2H3,(H,23,26)/t17-/m1/s1. The Balaban J connectivity index is 1.65. The summed E-state index contributed by atoms with van der Waals surface area (Å²) in [4.78, 5) is 19.3. The number of nitrogens with one attached hydrogen (secondary N) is 1. The first-order valence-corrected chi connectivity index (χ1v) is 9.82. The summed E-state index contributed by atoms with van der Waals surface area (Å²) in [6.07, 6.45) is 10.5. The third-order valence-corrected chi connectivity index (χ3v) is 5.23. The second-order valence-corrected chi connectivity index (χ2v) is 7.18. The van der Waals surface area contributed by atoms with Gasteiger partial charge in [0.05, 0.1) is 0 Å². The van der Waals surface area contributed by atoms with Crippen molar-refractivity contribution in [3.05, 3.63) is 42.5 Å². The van der Waals surface area contributed by atoms with Gasteiger partial charge >= 0.3 is 0 Å². The van der Waals surface area contributed by atoms with Gasteiger partial charge in [-0.25, -0.2) is 0 Å². The number of carbonyl (C=O) groups is 1. The summed E-state index contributed by atoms with van der Waals surface area (Å²) >= 11 is 0. The van der Waals surface area contributed by atoms with E-state index in [-0.39, 0.29) is 5.91 Å². The number of likely N-dealkylation sites (tertiary alicyclic amines) is 1. The van der Waals surface area contributed by atoms with Gasteiger partial charge in [-0.05, 0) is 56.5 Å². The minimum atomic E-state index is 0.0171. The summed E-state index contributed by atoms with van der Waals surface area (Å²) in [6.45, 7) is 8.04. The van der Waals surface area contributed by atoms with Crippen molar-refractivity contribution >= 4 is 5.91 Å². The summed E-state index contributed by atoms with van der Waals surface area (Å²) in [5, 5.41) is 3.12. The molecule has 0 aliphatic carbocycles. The van der Waals surface area contributed by atoms with Crippen molar-refractivity contribution in [1.29, 1.82) is 0 Å². The number of hydrogen-bond donors (Lipinski definition) is 1. The monoisotopic (exact) mass is 354 g/mol. The van der Waals surface area contributed by atoms with Crippen molar-refractivity contribution in [2.45, 2.75) is 52.1 Å². The highest BCUT2D eigenvalue weighted by molar-refractivity contribution is 5.94. The second kappa shape index (κ2) is 8.99. The average Bonchev–Trinajstić information content (AvgIpc) is 3.08. The Morgan fingerprint density at radius 1 is 1.23 bits per heavy atom. The van der Waals surface area contributed by atoms with E-state index in [0.29, 0.717) is 12.6 Å². The lowest BCUT2D eigenvalue weighted by atomic mass is 10.0. The Morgan fingerprint density at radius 2 is 2.04 bits per heavy atom. The minimum Gasteiger partial charge on any atom is -0.349 e. The molecule has 1 aliphatic rings. The Morgan fingerprint density at radius 3 is 2.77 bits per heavy atom. The molecule has 0 unspecified atom stereocenters. The lowest BCUT2D eigenvalue weighted by molar-refractivity contribution is 0.0929. The highest BCUT2D eigenvalue weighted by Crippen LogP contribution is 2.22. The van der Waals surface area contributed by atoms with Crippen LogP contribution in [0.1, 0.15) is 50.0 Å². The maximum atomic E-state index is 12.7. The predicted octanol–water partition coefficient (Wildman–Crippen LogP) is 3.56. The Labute approximate surface area is 156 Å². The molecule has 3 rings (SSSR count). The number of piperidine rings is 1. The zero-order valence-corrected chi connectivity index (χ0v) is 15.9. The topological polar surface area (TPSA) is 50.2 Å². The molecule has 0 spiro atoms. The van der Waals surface area contributed by atoms with Gasteiger partial charge in [0.15, 0.2) is 0 Å². The maximum Gasteiger partial charge on any atom is 0.267 e. The molecule has 0 bridgehead atoms. The highest BCUT2D eigenvalue weighted by Gasteiger charge is 2.19. The Kier molecular flexibility index (Phi) is 6.45. The third-order valence-electron chi connectivity index (χ3n) is 5.23. The van der Waals surface area contributed by atoms with Crippen LogP contribution < -0.4 is 5.32 Å². The van der Waals surface area contributed by atoms with Crippen LogP contribution in [-0.2, 0) is 6.54 Å². The van der Waals surface area contributed by atoms with E-state index in [9.17, 15) is 4.79 Å². The zero-order chi connectivity index (χ0) is 18.4. The van der Waals surface area contributed by atoms with Crippen LogP contribution in [0.3, 0.4) is 0 Å². The molecule has 5 heteroatoms. The lowest BCUT2D eigenvalue weighted by Crippen LogP contribution is -2.42. The molecule has 1 atom stereocenters. The normalized spacial score (nSPS) is 18.0. The molecule has 26 heavy (non-hydrogen) atoms. The van der Waals surface area contributed by atoms with Crippen LogP contribution >= 0.6 is 0 Å². The molecule has 5 nitrogen and oxygen atoms in total. The molecule has 1 fully saturated rings. The molecule has 1 N–H and O–H groups in total. The maximum absolute atomic E-state index is 12.7. The minimum absolute atomic E-state index is 0.0171. The predicted molar refractivity (Wildman–Crippen MR) is 105 cm³/mol. The molecule has 2 aromatic rings. The van der Waals surface area contributed by atoms with Gasteiger partial charge in [0.1, 0.15) is 5.69 Å². The number of hydrogen-bond acceptors (Lipinski definition) is 3. The molecular formula is C21H30N4O. The van der Waals surface area contributed by atoms with E-state index in [1.54, 1.807) is 12.4 Å². The summed E-state index contributed by atoms with van der Waals surface area (Å²) < 4.78 is 2.06. The van der Waals surface area contributed by atoms with E-state index in [1.165, 1.54) is 19.3 Å². The number of rotatable bonds is 7. The second-order valence-electron chi connectivity index (χ2n) is 7.18. The number of nitrogens with zero attached hydrogens (tertiary/aromatic N) is 3. The van der Waals surface area contributed by atoms with Gasteiger partial charge in [0, 0.05) is 49.8 Å². The van der Waals surface area contributed by atoms with Crippen LogP contribution in [0.15, 0.2) is 36.8 Å². The first kappa shape index (κ1) is 18.6. The Hall–Kier alpha value is -2.14. The fourth-order valence-electron chi connectivity index (χ4n) is 3.72. The molecule has 0 aromatic carbocycles. The first-order valence-electron chi connectivity index (χ1n) is 9.82. The average molecular weight is 354 g/mol. The molecule has 0 saturated carbocycles. The SMILES string of the molecule is CCCn1cc(-c2ccncc2)cc1C(=O)NCCN1CCCC[C@H]1C. The van der Waals surface area contributed by atoms with E-state index in [4.69, 9.17) is 0 Å². The van der Waals surface area contributed by atoms with E-state index >= 15 is 0 Å². The molecule has 140 valence electrons. The van der Waals surface area contributed by atoms with Crippen LogP contribution in [0.2, 0.25) is 0 Å². The van der Waals surface area contributed by atoms with Crippen LogP contribution in [0, 0.1) is 0 Å². The zero-order valence-electron chi connectivity index (χ0n) is 15.9. The summed E-state index contributed by atoms with van der Waals surface area (Å²) in [5.74, 6) is 0.0171. The highest BCUT2D eigenvalue weighted by atomic mass is 16.1. The molecular weight excluding hydrogens is 324 g/mol. The smallest absolute Gasteiger partial charge is 0.267 e. The Bertz CT molecular complexity index is 710. The van der Waals surface area contributed by atoms with Crippen LogP contribution in [0.4, 0.5) is 0 Å². The molecule has 1 amide bonds. The third kappa shape index (κ3) is 4.52. The lowest BCUT2D eigenvalue weighted by Gasteiger charge is -2.33. The van der Waals surface area contributed by atoms with Gasteiger partial charge < -0.3 is 9.88 Å². The van der Waals surface area contributed by atoms with Gasteiger partial charge in [-0.3, -0.25) is 14.7 Å². The van der Waals surface area contributed by atoms with Crippen molar-refractivity contribution in [2.24, 2.45) is 0 Å². The summed E-state index contributed by atoms with van der Waals surface area (Å²) in [7, 11) is 0. The van der Waals surface area contributed by atoms with Crippen molar-refractivity contribution in [3.8, 4) is 11.1 Å². The van der Waals surface area contributed by atoms with Crippen molar-refractivity contribution in [2.75, 3.05) is 19.6 Å². The van der Waals surface area contributed by atoms with Crippen LogP contribution in [-0.4, -0.2) is 46.0 Å². The number of carbonyl (C=O) groups excluding carboxylic acids is 1. The molecule has 3 heterocycles. The fourth-order valence-corrected chi connectivity index (χ4v) is 3.72. The number of pyridine rings is 1. The quantitative estimate of drug-likeness (QED) is 0.827. The van der Waals surface area contributed by atoms with Gasteiger partial charge in [-0.1, -0.05) is 13.3 Å². The number of amides is 1.